The van der Waals surface area contributed by atoms with Crippen LogP contribution < -0.4 is 10.1 Å². The molecule has 0 aromatic heterocycles. The van der Waals surface area contributed by atoms with Gasteiger partial charge in [0.05, 0.1) is 6.61 Å². The summed E-state index contributed by atoms with van der Waals surface area (Å²) in [7, 11) is 0. The van der Waals surface area contributed by atoms with Crippen LogP contribution in [0, 0.1) is 16.7 Å². The zero-order valence-electron chi connectivity index (χ0n) is 14.0. The standard InChI is InChI=1S/C18H23NO4/c1-17(2)14(18(17,3)4)15(20)19-13(16(21)22)11-5-6-12-10(9-11)7-8-23-12/h5-6,9,13-14H,7-8H2,1-4H3,(H,19,20)(H,21,22). The fourth-order valence-corrected chi connectivity index (χ4v) is 3.75. The van der Waals surface area contributed by atoms with Crippen LogP contribution in [0.5, 0.6) is 5.75 Å². The molecular formula is C18H23NO4. The van der Waals surface area contributed by atoms with E-state index < -0.39 is 12.0 Å². The summed E-state index contributed by atoms with van der Waals surface area (Å²) in [5, 5.41) is 12.3. The number of hydrogen-bond acceptors (Lipinski definition) is 3. The van der Waals surface area contributed by atoms with E-state index in [2.05, 4.69) is 5.32 Å². The Labute approximate surface area is 136 Å². The minimum Gasteiger partial charge on any atom is -0.493 e. The Kier molecular flexibility index (Phi) is 3.43. The number of carbonyl (C=O) groups excluding carboxylic acids is 1. The van der Waals surface area contributed by atoms with Crippen LogP contribution in [0.4, 0.5) is 0 Å². The van der Waals surface area contributed by atoms with Gasteiger partial charge in [-0.25, -0.2) is 4.79 Å². The van der Waals surface area contributed by atoms with Gasteiger partial charge in [-0.05, 0) is 34.1 Å². The minimum atomic E-state index is -1.05. The Morgan fingerprint density at radius 2 is 1.91 bits per heavy atom. The van der Waals surface area contributed by atoms with Crippen molar-refractivity contribution in [2.75, 3.05) is 6.61 Å². The number of aliphatic carboxylic acids is 1. The number of hydrogen-bond donors (Lipinski definition) is 2. The van der Waals surface area contributed by atoms with Gasteiger partial charge in [-0.1, -0.05) is 33.8 Å². The van der Waals surface area contributed by atoms with Crippen molar-refractivity contribution in [2.24, 2.45) is 16.7 Å². The molecule has 23 heavy (non-hydrogen) atoms. The van der Waals surface area contributed by atoms with E-state index in [1.54, 1.807) is 12.1 Å². The van der Waals surface area contributed by atoms with Crippen molar-refractivity contribution in [3.63, 3.8) is 0 Å². The first-order valence-electron chi connectivity index (χ1n) is 7.95. The van der Waals surface area contributed by atoms with E-state index in [1.165, 1.54) is 0 Å². The molecule has 5 heteroatoms. The van der Waals surface area contributed by atoms with Crippen LogP contribution in [0.25, 0.3) is 0 Å². The van der Waals surface area contributed by atoms with Crippen molar-refractivity contribution in [1.29, 1.82) is 0 Å². The molecule has 1 amide bonds. The van der Waals surface area contributed by atoms with Gasteiger partial charge >= 0.3 is 5.97 Å². The topological polar surface area (TPSA) is 75.6 Å². The van der Waals surface area contributed by atoms with E-state index in [9.17, 15) is 14.7 Å². The number of amides is 1. The summed E-state index contributed by atoms with van der Waals surface area (Å²) >= 11 is 0. The summed E-state index contributed by atoms with van der Waals surface area (Å²) in [5.74, 6) is -0.610. The zero-order valence-corrected chi connectivity index (χ0v) is 14.0. The molecular weight excluding hydrogens is 294 g/mol. The van der Waals surface area contributed by atoms with Gasteiger partial charge in [-0.15, -0.1) is 0 Å². The summed E-state index contributed by atoms with van der Waals surface area (Å²) < 4.78 is 5.44. The molecule has 1 saturated carbocycles. The molecule has 1 aromatic rings. The second-order valence-electron chi connectivity index (χ2n) is 7.62. The third-order valence-corrected chi connectivity index (χ3v) is 5.86. The molecule has 0 radical (unpaired) electrons. The molecule has 1 heterocycles. The van der Waals surface area contributed by atoms with Crippen LogP contribution in [0.2, 0.25) is 0 Å². The highest BCUT2D eigenvalue weighted by Crippen LogP contribution is 2.68. The number of carboxylic acid groups (broad SMARTS) is 1. The van der Waals surface area contributed by atoms with Gasteiger partial charge in [0, 0.05) is 12.3 Å². The highest BCUT2D eigenvalue weighted by Gasteiger charge is 2.68. The van der Waals surface area contributed by atoms with Gasteiger partial charge < -0.3 is 15.2 Å². The van der Waals surface area contributed by atoms with Crippen molar-refractivity contribution >= 4 is 11.9 Å². The van der Waals surface area contributed by atoms with Crippen molar-refractivity contribution in [3.8, 4) is 5.75 Å². The molecule has 0 spiro atoms. The first kappa shape index (κ1) is 15.8. The first-order valence-corrected chi connectivity index (χ1v) is 7.95. The molecule has 124 valence electrons. The molecule has 0 bridgehead atoms. The summed E-state index contributed by atoms with van der Waals surface area (Å²) in [6, 6.07) is 4.29. The summed E-state index contributed by atoms with van der Waals surface area (Å²) in [6.07, 6.45) is 0.770. The molecule has 1 aliphatic heterocycles. The second-order valence-corrected chi connectivity index (χ2v) is 7.62. The molecule has 1 aliphatic carbocycles. The molecule has 1 fully saturated rings. The van der Waals surface area contributed by atoms with E-state index in [-0.39, 0.29) is 22.7 Å². The van der Waals surface area contributed by atoms with Crippen LogP contribution in [0.1, 0.15) is 44.9 Å². The molecule has 0 saturated heterocycles. The Morgan fingerprint density at radius 3 is 2.48 bits per heavy atom. The quantitative estimate of drug-likeness (QED) is 0.895. The lowest BCUT2D eigenvalue weighted by Gasteiger charge is -2.16. The second kappa shape index (κ2) is 4.98. The summed E-state index contributed by atoms with van der Waals surface area (Å²) in [6.45, 7) is 8.78. The number of carboxylic acids is 1. The van der Waals surface area contributed by atoms with Crippen LogP contribution in [0.15, 0.2) is 18.2 Å². The van der Waals surface area contributed by atoms with Gasteiger partial charge in [0.25, 0.3) is 0 Å². The molecule has 2 N–H and O–H groups in total. The van der Waals surface area contributed by atoms with Gasteiger partial charge in [-0.2, -0.15) is 0 Å². The van der Waals surface area contributed by atoms with Crippen LogP contribution in [0.3, 0.4) is 0 Å². The highest BCUT2D eigenvalue weighted by atomic mass is 16.5. The lowest BCUT2D eigenvalue weighted by atomic mass is 10.0. The van der Waals surface area contributed by atoms with E-state index in [1.807, 2.05) is 33.8 Å². The van der Waals surface area contributed by atoms with Crippen molar-refractivity contribution in [3.05, 3.63) is 29.3 Å². The van der Waals surface area contributed by atoms with Crippen LogP contribution in [-0.4, -0.2) is 23.6 Å². The van der Waals surface area contributed by atoms with Crippen molar-refractivity contribution < 1.29 is 19.4 Å². The van der Waals surface area contributed by atoms with Gasteiger partial charge in [0.2, 0.25) is 5.91 Å². The Bertz CT molecular complexity index is 664. The molecule has 3 rings (SSSR count). The minimum absolute atomic E-state index is 0.119. The molecule has 1 atom stereocenters. The maximum absolute atomic E-state index is 12.6. The predicted octanol–water partition coefficient (Wildman–Crippen LogP) is 2.55. The third kappa shape index (κ3) is 2.38. The Morgan fingerprint density at radius 1 is 1.26 bits per heavy atom. The monoisotopic (exact) mass is 317 g/mol. The van der Waals surface area contributed by atoms with Crippen LogP contribution in [-0.2, 0) is 16.0 Å². The molecule has 5 nitrogen and oxygen atoms in total. The number of benzene rings is 1. The lowest BCUT2D eigenvalue weighted by molar-refractivity contribution is -0.142. The number of nitrogens with one attached hydrogen (secondary N) is 1. The van der Waals surface area contributed by atoms with Gasteiger partial charge in [0.1, 0.15) is 5.75 Å². The fraction of sp³-hybridized carbons (Fsp3) is 0.556. The number of carbonyl (C=O) groups is 2. The Hall–Kier alpha value is -2.04. The Balaban J connectivity index is 1.81. The third-order valence-electron chi connectivity index (χ3n) is 5.86. The van der Waals surface area contributed by atoms with Crippen molar-refractivity contribution in [2.45, 2.75) is 40.2 Å². The van der Waals surface area contributed by atoms with E-state index in [0.717, 1.165) is 17.7 Å². The maximum Gasteiger partial charge on any atom is 0.330 e. The molecule has 1 unspecified atom stereocenters. The number of rotatable bonds is 4. The molecule has 2 aliphatic rings. The molecule has 1 aromatic carbocycles. The highest BCUT2D eigenvalue weighted by molar-refractivity contribution is 5.89. The van der Waals surface area contributed by atoms with E-state index in [4.69, 9.17) is 4.74 Å². The fourth-order valence-electron chi connectivity index (χ4n) is 3.75. The van der Waals surface area contributed by atoms with E-state index >= 15 is 0 Å². The van der Waals surface area contributed by atoms with Gasteiger partial charge in [0.15, 0.2) is 6.04 Å². The smallest absolute Gasteiger partial charge is 0.330 e. The maximum atomic E-state index is 12.6. The lowest BCUT2D eigenvalue weighted by Crippen LogP contribution is -2.36. The largest absolute Gasteiger partial charge is 0.493 e. The van der Waals surface area contributed by atoms with Crippen molar-refractivity contribution in [1.82, 2.24) is 5.32 Å². The van der Waals surface area contributed by atoms with Gasteiger partial charge in [-0.3, -0.25) is 4.79 Å². The average Bonchev–Trinajstić information content (AvgIpc) is 2.81. The van der Waals surface area contributed by atoms with E-state index in [0.29, 0.717) is 12.2 Å². The van der Waals surface area contributed by atoms with Crippen LogP contribution >= 0.6 is 0 Å². The average molecular weight is 317 g/mol. The summed E-state index contributed by atoms with van der Waals surface area (Å²) in [5.41, 5.74) is 1.35. The normalized spacial score (nSPS) is 21.9. The SMILES string of the molecule is CC1(C)C(C(=O)NC(C(=O)O)c2ccc3c(c2)CCO3)C1(C)C. The summed E-state index contributed by atoms with van der Waals surface area (Å²) in [4.78, 5) is 24.2. The predicted molar refractivity (Wildman–Crippen MR) is 85.2 cm³/mol. The number of fused-ring (bicyclic) bond motifs is 1. The zero-order chi connectivity index (χ0) is 17.0. The first-order chi connectivity index (χ1) is 10.7. The number of ether oxygens (including phenoxy) is 1.